The molecule has 1 saturated carbocycles. The Labute approximate surface area is 116 Å². The highest BCUT2D eigenvalue weighted by Gasteiger charge is 2.50. The van der Waals surface area contributed by atoms with Gasteiger partial charge in [0.05, 0.1) is 23.1 Å². The van der Waals surface area contributed by atoms with Crippen LogP contribution in [-0.2, 0) is 14.8 Å². The monoisotopic (exact) mass is 307 g/mol. The predicted octanol–water partition coefficient (Wildman–Crippen LogP) is 2.35. The van der Waals surface area contributed by atoms with E-state index in [4.69, 9.17) is 16.3 Å². The van der Waals surface area contributed by atoms with Crippen LogP contribution in [0.3, 0.4) is 0 Å². The van der Waals surface area contributed by atoms with Gasteiger partial charge in [-0.25, -0.2) is 8.42 Å². The summed E-state index contributed by atoms with van der Waals surface area (Å²) in [6.45, 7) is 1.43. The van der Waals surface area contributed by atoms with Crippen molar-refractivity contribution in [3.8, 4) is 0 Å². The summed E-state index contributed by atoms with van der Waals surface area (Å²) in [7, 11) is -3.42. The van der Waals surface area contributed by atoms with E-state index in [0.29, 0.717) is 28.3 Å². The maximum absolute atomic E-state index is 12.6. The lowest BCUT2D eigenvalue weighted by atomic mass is 9.77. The second kappa shape index (κ2) is 4.45. The zero-order valence-electron chi connectivity index (χ0n) is 9.76. The van der Waals surface area contributed by atoms with Crippen molar-refractivity contribution in [2.45, 2.75) is 29.0 Å². The summed E-state index contributed by atoms with van der Waals surface area (Å²) < 4.78 is 33.2. The molecule has 1 aromatic heterocycles. The molecule has 0 amide bonds. The van der Waals surface area contributed by atoms with Crippen molar-refractivity contribution in [1.29, 1.82) is 0 Å². The third-order valence-electron chi connectivity index (χ3n) is 3.72. The maximum atomic E-state index is 12.6. The van der Waals surface area contributed by atoms with Gasteiger partial charge in [-0.2, -0.15) is 4.31 Å². The Balaban J connectivity index is 1.97. The van der Waals surface area contributed by atoms with E-state index in [1.54, 1.807) is 16.4 Å². The summed E-state index contributed by atoms with van der Waals surface area (Å²) in [5.74, 6) is 0. The Hall–Kier alpha value is -0.140. The molecule has 1 saturated heterocycles. The van der Waals surface area contributed by atoms with E-state index in [-0.39, 0.29) is 5.54 Å². The van der Waals surface area contributed by atoms with Crippen molar-refractivity contribution in [1.82, 2.24) is 4.31 Å². The van der Waals surface area contributed by atoms with Crippen LogP contribution in [0.2, 0.25) is 4.34 Å². The molecule has 18 heavy (non-hydrogen) atoms. The van der Waals surface area contributed by atoms with Gasteiger partial charge < -0.3 is 4.74 Å². The number of rotatable bonds is 2. The van der Waals surface area contributed by atoms with Gasteiger partial charge in [0.15, 0.2) is 0 Å². The van der Waals surface area contributed by atoms with Crippen LogP contribution in [-0.4, -0.2) is 38.0 Å². The van der Waals surface area contributed by atoms with Crippen LogP contribution in [0.15, 0.2) is 16.3 Å². The summed E-state index contributed by atoms with van der Waals surface area (Å²) in [5.41, 5.74) is -0.298. The van der Waals surface area contributed by atoms with Gasteiger partial charge in [0.2, 0.25) is 0 Å². The number of hydrogen-bond acceptors (Lipinski definition) is 4. The lowest BCUT2D eigenvalue weighted by Gasteiger charge is -2.51. The third kappa shape index (κ3) is 1.91. The smallest absolute Gasteiger partial charge is 0.253 e. The summed E-state index contributed by atoms with van der Waals surface area (Å²) in [5, 5.41) is 0. The molecule has 0 atom stereocenters. The molecule has 1 spiro atoms. The average molecular weight is 308 g/mol. The van der Waals surface area contributed by atoms with Crippen LogP contribution in [0.5, 0.6) is 0 Å². The molecule has 4 nitrogen and oxygen atoms in total. The van der Waals surface area contributed by atoms with Crippen molar-refractivity contribution in [2.24, 2.45) is 0 Å². The van der Waals surface area contributed by atoms with Gasteiger partial charge in [0, 0.05) is 6.54 Å². The summed E-state index contributed by atoms with van der Waals surface area (Å²) in [4.78, 5) is 0. The van der Waals surface area contributed by atoms with Gasteiger partial charge in [-0.05, 0) is 31.4 Å². The van der Waals surface area contributed by atoms with Crippen molar-refractivity contribution >= 4 is 33.0 Å². The lowest BCUT2D eigenvalue weighted by molar-refractivity contribution is -0.0648. The van der Waals surface area contributed by atoms with Crippen LogP contribution in [0.25, 0.3) is 0 Å². The number of thiophene rings is 1. The molecular weight excluding hydrogens is 294 g/mol. The third-order valence-corrected chi connectivity index (χ3v) is 7.42. The summed E-state index contributed by atoms with van der Waals surface area (Å²) >= 11 is 6.95. The zero-order chi connectivity index (χ0) is 12.8. The molecule has 7 heteroatoms. The molecule has 2 heterocycles. The molecule has 0 radical (unpaired) electrons. The van der Waals surface area contributed by atoms with E-state index in [9.17, 15) is 8.42 Å². The first-order valence-corrected chi connectivity index (χ1v) is 8.54. The van der Waals surface area contributed by atoms with E-state index in [2.05, 4.69) is 0 Å². The van der Waals surface area contributed by atoms with Crippen LogP contribution < -0.4 is 0 Å². The number of morpholine rings is 1. The quantitative estimate of drug-likeness (QED) is 0.842. The fourth-order valence-corrected chi connectivity index (χ4v) is 6.01. The minimum atomic E-state index is -3.42. The fourth-order valence-electron chi connectivity index (χ4n) is 2.62. The second-order valence-electron chi connectivity index (χ2n) is 4.77. The SMILES string of the molecule is O=S(=O)(c1ccc(Cl)s1)N1CCOCC12CCC2. The van der Waals surface area contributed by atoms with Crippen molar-refractivity contribution in [2.75, 3.05) is 19.8 Å². The van der Waals surface area contributed by atoms with Gasteiger partial charge >= 0.3 is 0 Å². The fraction of sp³-hybridized carbons (Fsp3) is 0.636. The van der Waals surface area contributed by atoms with E-state index in [0.717, 1.165) is 30.6 Å². The maximum Gasteiger partial charge on any atom is 0.253 e. The van der Waals surface area contributed by atoms with E-state index < -0.39 is 10.0 Å². The molecule has 2 aliphatic rings. The normalized spacial score (nSPS) is 24.1. The van der Waals surface area contributed by atoms with Crippen molar-refractivity contribution < 1.29 is 13.2 Å². The summed E-state index contributed by atoms with van der Waals surface area (Å²) in [6, 6.07) is 3.22. The Morgan fingerprint density at radius 3 is 2.72 bits per heavy atom. The molecule has 0 bridgehead atoms. The van der Waals surface area contributed by atoms with E-state index >= 15 is 0 Å². The first-order chi connectivity index (χ1) is 8.55. The largest absolute Gasteiger partial charge is 0.378 e. The van der Waals surface area contributed by atoms with Crippen LogP contribution in [0.4, 0.5) is 0 Å². The van der Waals surface area contributed by atoms with Crippen molar-refractivity contribution in [3.05, 3.63) is 16.5 Å². The molecule has 2 fully saturated rings. The second-order valence-corrected chi connectivity index (χ2v) is 8.57. The minimum Gasteiger partial charge on any atom is -0.378 e. The van der Waals surface area contributed by atoms with Crippen LogP contribution in [0, 0.1) is 0 Å². The average Bonchev–Trinajstić information content (AvgIpc) is 2.74. The van der Waals surface area contributed by atoms with Gasteiger partial charge in [0.25, 0.3) is 10.0 Å². The number of nitrogens with zero attached hydrogens (tertiary/aromatic N) is 1. The number of ether oxygens (including phenoxy) is 1. The molecule has 1 aromatic rings. The van der Waals surface area contributed by atoms with Gasteiger partial charge in [-0.3, -0.25) is 0 Å². The van der Waals surface area contributed by atoms with Crippen LogP contribution >= 0.6 is 22.9 Å². The Kier molecular flexibility index (Phi) is 3.18. The standard InChI is InChI=1S/C11H14ClNO3S2/c12-9-2-3-10(17-9)18(14,15)13-6-7-16-8-11(13)4-1-5-11/h2-3H,1,4-8H2. The van der Waals surface area contributed by atoms with Crippen molar-refractivity contribution in [3.63, 3.8) is 0 Å². The van der Waals surface area contributed by atoms with Crippen LogP contribution in [0.1, 0.15) is 19.3 Å². The topological polar surface area (TPSA) is 46.6 Å². The molecule has 3 rings (SSSR count). The highest BCUT2D eigenvalue weighted by Crippen LogP contribution is 2.43. The molecular formula is C11H14ClNO3S2. The predicted molar refractivity (Wildman–Crippen MR) is 70.6 cm³/mol. The Morgan fingerprint density at radius 1 is 1.39 bits per heavy atom. The van der Waals surface area contributed by atoms with E-state index in [1.807, 2.05) is 0 Å². The first-order valence-electron chi connectivity index (χ1n) is 5.91. The van der Waals surface area contributed by atoms with Gasteiger partial charge in [0.1, 0.15) is 4.21 Å². The number of hydrogen-bond donors (Lipinski definition) is 0. The van der Waals surface area contributed by atoms with E-state index in [1.165, 1.54) is 0 Å². The minimum absolute atomic E-state index is 0.298. The molecule has 0 aromatic carbocycles. The number of sulfonamides is 1. The van der Waals surface area contributed by atoms with Gasteiger partial charge in [-0.1, -0.05) is 11.6 Å². The molecule has 0 unspecified atom stereocenters. The highest BCUT2D eigenvalue weighted by atomic mass is 35.5. The first kappa shape index (κ1) is 12.9. The lowest BCUT2D eigenvalue weighted by Crippen LogP contribution is -2.62. The molecule has 1 aliphatic carbocycles. The van der Waals surface area contributed by atoms with Gasteiger partial charge in [-0.15, -0.1) is 11.3 Å². The zero-order valence-corrected chi connectivity index (χ0v) is 12.2. The Morgan fingerprint density at radius 2 is 2.17 bits per heavy atom. The molecule has 0 N–H and O–H groups in total. The molecule has 100 valence electrons. The summed E-state index contributed by atoms with van der Waals surface area (Å²) in [6.07, 6.45) is 2.86. The Bertz CT molecular complexity index is 550. The highest BCUT2D eigenvalue weighted by molar-refractivity contribution is 7.91. The molecule has 1 aliphatic heterocycles. The number of halogens is 1.